The molecule has 0 atom stereocenters. The van der Waals surface area contributed by atoms with Crippen molar-refractivity contribution >= 4 is 35.0 Å². The van der Waals surface area contributed by atoms with Gasteiger partial charge in [0.25, 0.3) is 5.91 Å². The number of nitro groups is 1. The third kappa shape index (κ3) is 3.36. The number of hydrogen-bond donors (Lipinski definition) is 0. The minimum atomic E-state index is -0.627. The molecule has 1 rings (SSSR count). The Hall–Kier alpha value is -1.27. The van der Waals surface area contributed by atoms with Gasteiger partial charge in [-0.3, -0.25) is 14.9 Å². The van der Waals surface area contributed by atoms with E-state index in [0.29, 0.717) is 6.54 Å². The Morgan fingerprint density at radius 1 is 1.56 bits per heavy atom. The summed E-state index contributed by atoms with van der Waals surface area (Å²) in [6.07, 6.45) is 1.93. The molecule has 0 unspecified atom stereocenters. The van der Waals surface area contributed by atoms with Crippen molar-refractivity contribution in [1.82, 2.24) is 4.90 Å². The number of thioether (sulfide) groups is 1. The maximum Gasteiger partial charge on any atom is 0.300 e. The van der Waals surface area contributed by atoms with Crippen molar-refractivity contribution in [2.45, 2.75) is 0 Å². The van der Waals surface area contributed by atoms with Crippen LogP contribution in [0.25, 0.3) is 0 Å². The first-order valence-corrected chi connectivity index (χ1v) is 6.93. The number of amides is 1. The lowest BCUT2D eigenvalue weighted by molar-refractivity contribution is -0.385. The van der Waals surface area contributed by atoms with Crippen molar-refractivity contribution in [3.63, 3.8) is 0 Å². The highest BCUT2D eigenvalue weighted by atomic mass is 35.5. The topological polar surface area (TPSA) is 63.5 Å². The third-order valence-corrected chi connectivity index (χ3v) is 3.27. The maximum atomic E-state index is 12.1. The zero-order chi connectivity index (χ0) is 13.7. The SMILES string of the molecule is CSCCN(C)C(=O)c1cccc(Cl)c1[N+](=O)[O-]. The summed E-state index contributed by atoms with van der Waals surface area (Å²) < 4.78 is 0. The summed E-state index contributed by atoms with van der Waals surface area (Å²) in [5, 5.41) is 10.9. The van der Waals surface area contributed by atoms with E-state index < -0.39 is 10.8 Å². The Bertz CT molecular complexity index is 468. The van der Waals surface area contributed by atoms with Crippen LogP contribution in [0.5, 0.6) is 0 Å². The van der Waals surface area contributed by atoms with Crippen LogP contribution in [0.15, 0.2) is 18.2 Å². The first-order valence-electron chi connectivity index (χ1n) is 5.16. The molecule has 0 saturated heterocycles. The molecule has 0 aliphatic carbocycles. The van der Waals surface area contributed by atoms with Crippen LogP contribution >= 0.6 is 23.4 Å². The van der Waals surface area contributed by atoms with Crippen molar-refractivity contribution in [3.05, 3.63) is 38.9 Å². The van der Waals surface area contributed by atoms with Gasteiger partial charge in [0, 0.05) is 19.3 Å². The van der Waals surface area contributed by atoms with Crippen LogP contribution in [-0.2, 0) is 0 Å². The highest BCUT2D eigenvalue weighted by molar-refractivity contribution is 7.98. The van der Waals surface area contributed by atoms with Gasteiger partial charge in [-0.1, -0.05) is 17.7 Å². The molecule has 0 fully saturated rings. The Morgan fingerprint density at radius 3 is 2.78 bits per heavy atom. The van der Waals surface area contributed by atoms with Gasteiger partial charge >= 0.3 is 5.69 Å². The molecule has 7 heteroatoms. The first kappa shape index (κ1) is 14.8. The number of nitro benzene ring substituents is 1. The lowest BCUT2D eigenvalue weighted by Crippen LogP contribution is -2.29. The van der Waals surface area contributed by atoms with Crippen molar-refractivity contribution in [2.24, 2.45) is 0 Å². The molecule has 0 spiro atoms. The molecule has 0 bridgehead atoms. The second-order valence-corrected chi connectivity index (χ2v) is 5.01. The highest BCUT2D eigenvalue weighted by Crippen LogP contribution is 2.28. The lowest BCUT2D eigenvalue weighted by Gasteiger charge is -2.16. The molecular weight excluding hydrogens is 276 g/mol. The zero-order valence-electron chi connectivity index (χ0n) is 10.1. The molecule has 0 aliphatic heterocycles. The summed E-state index contributed by atoms with van der Waals surface area (Å²) in [5.74, 6) is 0.384. The molecule has 0 aliphatic rings. The summed E-state index contributed by atoms with van der Waals surface area (Å²) in [5.41, 5.74) is -0.309. The lowest BCUT2D eigenvalue weighted by atomic mass is 10.1. The smallest absolute Gasteiger partial charge is 0.300 e. The largest absolute Gasteiger partial charge is 0.341 e. The van der Waals surface area contributed by atoms with E-state index in [0.717, 1.165) is 5.75 Å². The molecule has 0 N–H and O–H groups in total. The molecular formula is C11H13ClN2O3S. The fourth-order valence-electron chi connectivity index (χ4n) is 1.41. The average molecular weight is 289 g/mol. The number of nitrogens with zero attached hydrogens (tertiary/aromatic N) is 2. The summed E-state index contributed by atoms with van der Waals surface area (Å²) in [6.45, 7) is 0.531. The maximum absolute atomic E-state index is 12.1. The third-order valence-electron chi connectivity index (χ3n) is 2.38. The number of benzene rings is 1. The summed E-state index contributed by atoms with van der Waals surface area (Å²) in [6, 6.07) is 4.35. The van der Waals surface area contributed by atoms with Crippen LogP contribution in [-0.4, -0.2) is 41.3 Å². The van der Waals surface area contributed by atoms with E-state index in [-0.39, 0.29) is 16.3 Å². The van der Waals surface area contributed by atoms with Crippen molar-refractivity contribution in [3.8, 4) is 0 Å². The quantitative estimate of drug-likeness (QED) is 0.617. The van der Waals surface area contributed by atoms with Gasteiger partial charge in [0.2, 0.25) is 0 Å². The van der Waals surface area contributed by atoms with E-state index in [1.54, 1.807) is 18.8 Å². The van der Waals surface area contributed by atoms with E-state index >= 15 is 0 Å². The van der Waals surface area contributed by atoms with Gasteiger partial charge in [-0.15, -0.1) is 0 Å². The number of hydrogen-bond acceptors (Lipinski definition) is 4. The first-order chi connectivity index (χ1) is 8.49. The molecule has 1 aromatic rings. The van der Waals surface area contributed by atoms with Crippen LogP contribution < -0.4 is 0 Å². The molecule has 0 radical (unpaired) electrons. The molecule has 98 valence electrons. The van der Waals surface area contributed by atoms with E-state index in [1.165, 1.54) is 23.1 Å². The Labute approximate surface area is 114 Å². The predicted molar refractivity (Wildman–Crippen MR) is 73.4 cm³/mol. The highest BCUT2D eigenvalue weighted by Gasteiger charge is 2.25. The number of halogens is 1. The second-order valence-electron chi connectivity index (χ2n) is 3.61. The number of carbonyl (C=O) groups is 1. The van der Waals surface area contributed by atoms with Crippen molar-refractivity contribution in [1.29, 1.82) is 0 Å². The minimum absolute atomic E-state index is 0.0240. The Balaban J connectivity index is 3.05. The van der Waals surface area contributed by atoms with Crippen molar-refractivity contribution in [2.75, 3.05) is 25.6 Å². The van der Waals surface area contributed by atoms with Crippen LogP contribution in [0, 0.1) is 10.1 Å². The van der Waals surface area contributed by atoms with Crippen molar-refractivity contribution < 1.29 is 9.72 Å². The predicted octanol–water partition coefficient (Wildman–Crippen LogP) is 2.68. The van der Waals surface area contributed by atoms with E-state index in [2.05, 4.69) is 0 Å². The second kappa shape index (κ2) is 6.61. The molecule has 18 heavy (non-hydrogen) atoms. The van der Waals surface area contributed by atoms with Crippen LogP contribution in [0.2, 0.25) is 5.02 Å². The van der Waals surface area contributed by atoms with Gasteiger partial charge in [0.15, 0.2) is 0 Å². The van der Waals surface area contributed by atoms with E-state index in [4.69, 9.17) is 11.6 Å². The van der Waals surface area contributed by atoms with Gasteiger partial charge in [0.1, 0.15) is 10.6 Å². The van der Waals surface area contributed by atoms with Gasteiger partial charge in [-0.2, -0.15) is 11.8 Å². The van der Waals surface area contributed by atoms with Gasteiger partial charge in [0.05, 0.1) is 4.92 Å². The molecule has 1 amide bonds. The van der Waals surface area contributed by atoms with Crippen LogP contribution in [0.1, 0.15) is 10.4 Å². The van der Waals surface area contributed by atoms with Crippen LogP contribution in [0.4, 0.5) is 5.69 Å². The zero-order valence-corrected chi connectivity index (χ0v) is 11.6. The molecule has 0 aromatic heterocycles. The fraction of sp³-hybridized carbons (Fsp3) is 0.364. The Morgan fingerprint density at radius 2 is 2.22 bits per heavy atom. The summed E-state index contributed by atoms with van der Waals surface area (Å²) in [4.78, 5) is 23.8. The summed E-state index contributed by atoms with van der Waals surface area (Å²) in [7, 11) is 1.61. The van der Waals surface area contributed by atoms with E-state index in [1.807, 2.05) is 6.26 Å². The number of carbonyl (C=O) groups excluding carboxylic acids is 1. The van der Waals surface area contributed by atoms with Gasteiger partial charge < -0.3 is 4.90 Å². The normalized spacial score (nSPS) is 10.2. The fourth-order valence-corrected chi connectivity index (χ4v) is 2.11. The monoisotopic (exact) mass is 288 g/mol. The minimum Gasteiger partial charge on any atom is -0.341 e. The van der Waals surface area contributed by atoms with Gasteiger partial charge in [-0.05, 0) is 18.4 Å². The standard InChI is InChI=1S/C11H13ClN2O3S/c1-13(6-7-18-2)11(15)8-4-3-5-9(12)10(8)14(16)17/h3-5H,6-7H2,1-2H3. The molecule has 5 nitrogen and oxygen atoms in total. The van der Waals surface area contributed by atoms with Crippen LogP contribution in [0.3, 0.4) is 0 Å². The van der Waals surface area contributed by atoms with E-state index in [9.17, 15) is 14.9 Å². The average Bonchev–Trinajstić information content (AvgIpc) is 2.34. The van der Waals surface area contributed by atoms with Gasteiger partial charge in [-0.25, -0.2) is 0 Å². The summed E-state index contributed by atoms with van der Waals surface area (Å²) >= 11 is 7.36. The number of rotatable bonds is 5. The number of para-hydroxylation sites is 1. The Kier molecular flexibility index (Phi) is 5.43. The molecule has 0 heterocycles. The molecule has 0 saturated carbocycles. The molecule has 1 aromatic carbocycles.